The first-order valence-corrected chi connectivity index (χ1v) is 6.20. The molecule has 1 heterocycles. The van der Waals surface area contributed by atoms with Crippen LogP contribution in [0.1, 0.15) is 38.1 Å². The van der Waals surface area contributed by atoms with E-state index in [0.717, 1.165) is 6.54 Å². The van der Waals surface area contributed by atoms with Gasteiger partial charge < -0.3 is 10.4 Å². The first-order valence-electron chi connectivity index (χ1n) is 6.20. The van der Waals surface area contributed by atoms with E-state index >= 15 is 0 Å². The lowest BCUT2D eigenvalue weighted by atomic mass is 10.0. The first kappa shape index (κ1) is 12.9. The average molecular weight is 248 g/mol. The van der Waals surface area contributed by atoms with Gasteiger partial charge in [-0.2, -0.15) is 0 Å². The maximum absolute atomic E-state index is 10.9. The maximum Gasteiger partial charge on any atom is 0.335 e. The largest absolute Gasteiger partial charge is 0.478 e. The Balaban J connectivity index is 2.00. The molecule has 0 bridgehead atoms. The normalized spacial score (nSPS) is 20.4. The van der Waals surface area contributed by atoms with Gasteiger partial charge in [-0.3, -0.25) is 0 Å². The highest BCUT2D eigenvalue weighted by atomic mass is 16.4. The number of rotatable bonds is 4. The smallest absolute Gasteiger partial charge is 0.335 e. The molecule has 1 fully saturated rings. The van der Waals surface area contributed by atoms with Crippen molar-refractivity contribution in [1.82, 2.24) is 4.98 Å². The molecule has 1 aromatic rings. The van der Waals surface area contributed by atoms with Crippen LogP contribution in [0, 0.1) is 16.7 Å². The molecule has 1 aromatic heterocycles. The van der Waals surface area contributed by atoms with Gasteiger partial charge in [0.05, 0.1) is 5.56 Å². The van der Waals surface area contributed by atoms with Gasteiger partial charge in [-0.1, -0.05) is 27.7 Å². The van der Waals surface area contributed by atoms with Crippen molar-refractivity contribution in [3.63, 3.8) is 0 Å². The van der Waals surface area contributed by atoms with Crippen LogP contribution in [-0.4, -0.2) is 22.6 Å². The molecule has 2 N–H and O–H groups in total. The van der Waals surface area contributed by atoms with Crippen molar-refractivity contribution in [3.05, 3.63) is 23.9 Å². The van der Waals surface area contributed by atoms with Crippen LogP contribution < -0.4 is 5.32 Å². The zero-order valence-electron chi connectivity index (χ0n) is 11.3. The number of nitrogens with one attached hydrogen (secondary N) is 1. The van der Waals surface area contributed by atoms with Gasteiger partial charge in [-0.25, -0.2) is 9.78 Å². The predicted molar refractivity (Wildman–Crippen MR) is 70.7 cm³/mol. The molecular formula is C14H20N2O2. The van der Waals surface area contributed by atoms with E-state index in [9.17, 15) is 4.79 Å². The van der Waals surface area contributed by atoms with Gasteiger partial charge in [0.2, 0.25) is 0 Å². The Morgan fingerprint density at radius 2 is 2.00 bits per heavy atom. The molecule has 0 aromatic carbocycles. The minimum Gasteiger partial charge on any atom is -0.478 e. The van der Waals surface area contributed by atoms with E-state index in [0.29, 0.717) is 22.6 Å². The molecule has 2 rings (SSSR count). The summed E-state index contributed by atoms with van der Waals surface area (Å²) in [6, 6.07) is 3.07. The van der Waals surface area contributed by atoms with E-state index in [-0.39, 0.29) is 5.56 Å². The summed E-state index contributed by atoms with van der Waals surface area (Å²) in [7, 11) is 0. The Labute approximate surface area is 107 Å². The van der Waals surface area contributed by atoms with Gasteiger partial charge in [0.15, 0.2) is 0 Å². The molecule has 0 unspecified atom stereocenters. The third-order valence-electron chi connectivity index (χ3n) is 4.81. The van der Waals surface area contributed by atoms with E-state index < -0.39 is 5.97 Å². The SMILES string of the molecule is CC1(C)C(CNc2cc(C(=O)O)ccn2)C1(C)C. The summed E-state index contributed by atoms with van der Waals surface area (Å²) in [5.74, 6) is 0.293. The van der Waals surface area contributed by atoms with Crippen LogP contribution in [0.15, 0.2) is 18.3 Å². The lowest BCUT2D eigenvalue weighted by molar-refractivity contribution is 0.0697. The number of aromatic carboxylic acids is 1. The number of hydrogen-bond acceptors (Lipinski definition) is 3. The van der Waals surface area contributed by atoms with Crippen LogP contribution in [0.5, 0.6) is 0 Å². The molecule has 1 aliphatic carbocycles. The molecule has 0 atom stereocenters. The molecule has 1 saturated carbocycles. The number of carboxylic acids is 1. The minimum absolute atomic E-state index is 0.266. The summed E-state index contributed by atoms with van der Waals surface area (Å²) in [4.78, 5) is 15.0. The van der Waals surface area contributed by atoms with Crippen molar-refractivity contribution in [1.29, 1.82) is 0 Å². The highest BCUT2D eigenvalue weighted by molar-refractivity contribution is 5.88. The molecular weight excluding hydrogens is 228 g/mol. The summed E-state index contributed by atoms with van der Waals surface area (Å²) in [6.45, 7) is 9.89. The molecule has 1 aliphatic rings. The van der Waals surface area contributed by atoms with E-state index in [1.54, 1.807) is 6.07 Å². The fourth-order valence-corrected chi connectivity index (χ4v) is 2.71. The van der Waals surface area contributed by atoms with Crippen molar-refractivity contribution in [2.45, 2.75) is 27.7 Å². The van der Waals surface area contributed by atoms with Gasteiger partial charge in [-0.15, -0.1) is 0 Å². The quantitative estimate of drug-likeness (QED) is 0.860. The minimum atomic E-state index is -0.924. The van der Waals surface area contributed by atoms with Crippen molar-refractivity contribution in [3.8, 4) is 0 Å². The lowest BCUT2D eigenvalue weighted by Gasteiger charge is -2.07. The van der Waals surface area contributed by atoms with Crippen molar-refractivity contribution in [2.24, 2.45) is 16.7 Å². The summed E-state index contributed by atoms with van der Waals surface area (Å²) in [5, 5.41) is 12.1. The van der Waals surface area contributed by atoms with Gasteiger partial charge in [0.25, 0.3) is 0 Å². The van der Waals surface area contributed by atoms with E-state index in [4.69, 9.17) is 5.11 Å². The van der Waals surface area contributed by atoms with E-state index in [1.807, 2.05) is 0 Å². The number of carbonyl (C=O) groups is 1. The number of pyridine rings is 1. The second kappa shape index (κ2) is 3.97. The third-order valence-corrected chi connectivity index (χ3v) is 4.81. The topological polar surface area (TPSA) is 62.2 Å². The van der Waals surface area contributed by atoms with Crippen LogP contribution in [0.3, 0.4) is 0 Å². The van der Waals surface area contributed by atoms with Crippen molar-refractivity contribution >= 4 is 11.8 Å². The van der Waals surface area contributed by atoms with Crippen LogP contribution in [0.2, 0.25) is 0 Å². The Morgan fingerprint density at radius 1 is 1.39 bits per heavy atom. The van der Waals surface area contributed by atoms with E-state index in [2.05, 4.69) is 38.0 Å². The van der Waals surface area contributed by atoms with Gasteiger partial charge >= 0.3 is 5.97 Å². The molecule has 0 spiro atoms. The summed E-state index contributed by atoms with van der Waals surface area (Å²) in [6.07, 6.45) is 1.52. The molecule has 4 heteroatoms. The molecule has 0 radical (unpaired) electrons. The zero-order chi connectivity index (χ0) is 13.6. The Bertz CT molecular complexity index is 466. The molecule has 0 aliphatic heterocycles. The zero-order valence-corrected chi connectivity index (χ0v) is 11.3. The number of anilines is 1. The lowest BCUT2D eigenvalue weighted by Crippen LogP contribution is -2.10. The highest BCUT2D eigenvalue weighted by Crippen LogP contribution is 2.68. The van der Waals surface area contributed by atoms with Crippen molar-refractivity contribution in [2.75, 3.05) is 11.9 Å². The standard InChI is InChI=1S/C14H20N2O2/c1-13(2)10(14(13,3)4)8-16-11-7-9(12(17)18)5-6-15-11/h5-7,10H,8H2,1-4H3,(H,15,16)(H,17,18). The van der Waals surface area contributed by atoms with Crippen LogP contribution >= 0.6 is 0 Å². The van der Waals surface area contributed by atoms with Crippen LogP contribution in [0.4, 0.5) is 5.82 Å². The van der Waals surface area contributed by atoms with Crippen LogP contribution in [0.25, 0.3) is 0 Å². The van der Waals surface area contributed by atoms with Gasteiger partial charge in [0.1, 0.15) is 5.82 Å². The maximum atomic E-state index is 10.9. The second-order valence-corrected chi connectivity index (χ2v) is 6.11. The molecule has 18 heavy (non-hydrogen) atoms. The Hall–Kier alpha value is -1.58. The molecule has 98 valence electrons. The molecule has 0 saturated heterocycles. The first-order chi connectivity index (χ1) is 8.26. The predicted octanol–water partition coefficient (Wildman–Crippen LogP) is 2.87. The molecule has 0 amide bonds. The average Bonchev–Trinajstić information content (AvgIpc) is 2.67. The number of nitrogens with zero attached hydrogens (tertiary/aromatic N) is 1. The fraction of sp³-hybridized carbons (Fsp3) is 0.571. The number of aromatic nitrogens is 1. The number of carboxylic acid groups (broad SMARTS) is 1. The Kier molecular flexibility index (Phi) is 2.84. The third kappa shape index (κ3) is 1.96. The Morgan fingerprint density at radius 3 is 2.50 bits per heavy atom. The van der Waals surface area contributed by atoms with Gasteiger partial charge in [0, 0.05) is 12.7 Å². The monoisotopic (exact) mass is 248 g/mol. The molecule has 4 nitrogen and oxygen atoms in total. The number of hydrogen-bond donors (Lipinski definition) is 2. The second-order valence-electron chi connectivity index (χ2n) is 6.11. The van der Waals surface area contributed by atoms with Crippen molar-refractivity contribution < 1.29 is 9.90 Å². The summed E-state index contributed by atoms with van der Waals surface area (Å²) in [5.41, 5.74) is 0.913. The van der Waals surface area contributed by atoms with Crippen LogP contribution in [-0.2, 0) is 0 Å². The van der Waals surface area contributed by atoms with E-state index in [1.165, 1.54) is 12.3 Å². The summed E-state index contributed by atoms with van der Waals surface area (Å²) < 4.78 is 0. The van der Waals surface area contributed by atoms with Gasteiger partial charge in [-0.05, 0) is 28.9 Å². The fourth-order valence-electron chi connectivity index (χ4n) is 2.71. The highest BCUT2D eigenvalue weighted by Gasteiger charge is 2.64. The summed E-state index contributed by atoms with van der Waals surface area (Å²) >= 11 is 0.